The Morgan fingerprint density at radius 2 is 2.26 bits per heavy atom. The molecule has 3 aromatic rings. The minimum absolute atomic E-state index is 0.170. The zero-order valence-corrected chi connectivity index (χ0v) is 10.5. The molecule has 1 unspecified atom stereocenters. The molecule has 0 aliphatic rings. The van der Waals surface area contributed by atoms with Crippen LogP contribution in [0.1, 0.15) is 24.6 Å². The molecule has 3 heterocycles. The summed E-state index contributed by atoms with van der Waals surface area (Å²) in [6.07, 6.45) is 2.92. The fraction of sp³-hybridized carbons (Fsp3) is 0.250. The van der Waals surface area contributed by atoms with E-state index in [1.807, 2.05) is 13.8 Å². The minimum atomic E-state index is -0.361. The Morgan fingerprint density at radius 1 is 1.42 bits per heavy atom. The first kappa shape index (κ1) is 11.6. The molecule has 0 saturated carbocycles. The predicted molar refractivity (Wildman–Crippen MR) is 66.2 cm³/mol. The summed E-state index contributed by atoms with van der Waals surface area (Å²) in [4.78, 5) is 8.36. The first-order chi connectivity index (χ1) is 9.11. The van der Waals surface area contributed by atoms with E-state index < -0.39 is 0 Å². The molecule has 19 heavy (non-hydrogen) atoms. The van der Waals surface area contributed by atoms with Gasteiger partial charge in [0.05, 0.1) is 12.4 Å². The summed E-state index contributed by atoms with van der Waals surface area (Å²) in [5.41, 5.74) is 0.569. The molecule has 0 aliphatic carbocycles. The van der Waals surface area contributed by atoms with E-state index in [0.29, 0.717) is 17.5 Å². The number of hydrogen-bond donors (Lipinski definition) is 1. The van der Waals surface area contributed by atoms with E-state index in [2.05, 4.69) is 20.4 Å². The number of aromatic nitrogens is 4. The smallest absolute Gasteiger partial charge is 0.243 e. The highest BCUT2D eigenvalue weighted by Gasteiger charge is 2.13. The lowest BCUT2D eigenvalue weighted by atomic mass is 10.3. The molecule has 0 radical (unpaired) electrons. The Morgan fingerprint density at radius 3 is 3.00 bits per heavy atom. The van der Waals surface area contributed by atoms with Gasteiger partial charge in [0.15, 0.2) is 5.65 Å². The highest BCUT2D eigenvalue weighted by Crippen LogP contribution is 2.17. The van der Waals surface area contributed by atoms with Gasteiger partial charge in [-0.15, -0.1) is 5.10 Å². The summed E-state index contributed by atoms with van der Waals surface area (Å²) in [5, 5.41) is 7.19. The largest absolute Gasteiger partial charge is 0.444 e. The lowest BCUT2D eigenvalue weighted by molar-refractivity contribution is 0.453. The molecule has 0 fully saturated rings. The van der Waals surface area contributed by atoms with Gasteiger partial charge in [-0.3, -0.25) is 0 Å². The van der Waals surface area contributed by atoms with Crippen LogP contribution in [-0.4, -0.2) is 19.6 Å². The van der Waals surface area contributed by atoms with Gasteiger partial charge in [-0.2, -0.15) is 4.98 Å². The average Bonchev–Trinajstić information content (AvgIpc) is 2.94. The van der Waals surface area contributed by atoms with E-state index in [9.17, 15) is 4.39 Å². The summed E-state index contributed by atoms with van der Waals surface area (Å²) in [7, 11) is 0. The van der Waals surface area contributed by atoms with E-state index in [1.54, 1.807) is 12.3 Å². The number of pyridine rings is 1. The molecule has 3 aromatic heterocycles. The second kappa shape index (κ2) is 4.34. The van der Waals surface area contributed by atoms with Crippen molar-refractivity contribution in [2.75, 3.05) is 5.32 Å². The fourth-order valence-electron chi connectivity index (χ4n) is 1.75. The number of rotatable bonds is 3. The molecule has 0 saturated heterocycles. The van der Waals surface area contributed by atoms with Crippen LogP contribution < -0.4 is 5.32 Å². The zero-order valence-electron chi connectivity index (χ0n) is 10.5. The fourth-order valence-corrected chi connectivity index (χ4v) is 1.75. The van der Waals surface area contributed by atoms with E-state index >= 15 is 0 Å². The molecular formula is C12H12FN5O. The topological polar surface area (TPSA) is 68.2 Å². The number of hydrogen-bond acceptors (Lipinski definition) is 5. The van der Waals surface area contributed by atoms with Gasteiger partial charge in [0.2, 0.25) is 11.8 Å². The molecule has 7 heteroatoms. The number of nitrogens with zero attached hydrogens (tertiary/aromatic N) is 4. The standard InChI is InChI=1S/C12H12FN5O/c1-7-5-14-11(19-7)8(2)15-12-16-10-4-3-9(13)6-18(10)17-12/h3-6,8H,1-2H3,(H,15,17). The molecule has 1 atom stereocenters. The quantitative estimate of drug-likeness (QED) is 0.783. The average molecular weight is 261 g/mol. The number of oxazole rings is 1. The normalized spacial score (nSPS) is 12.8. The number of anilines is 1. The highest BCUT2D eigenvalue weighted by molar-refractivity contribution is 5.43. The minimum Gasteiger partial charge on any atom is -0.444 e. The van der Waals surface area contributed by atoms with Crippen LogP contribution in [-0.2, 0) is 0 Å². The van der Waals surface area contributed by atoms with Crippen LogP contribution in [0.2, 0.25) is 0 Å². The first-order valence-corrected chi connectivity index (χ1v) is 5.82. The summed E-state index contributed by atoms with van der Waals surface area (Å²) >= 11 is 0. The number of halogens is 1. The Balaban J connectivity index is 1.85. The van der Waals surface area contributed by atoms with Crippen LogP contribution >= 0.6 is 0 Å². The Kier molecular flexibility index (Phi) is 2.66. The van der Waals surface area contributed by atoms with Crippen LogP contribution in [0.15, 0.2) is 28.9 Å². The van der Waals surface area contributed by atoms with Crippen molar-refractivity contribution in [2.24, 2.45) is 0 Å². The van der Waals surface area contributed by atoms with Crippen LogP contribution in [0.3, 0.4) is 0 Å². The molecule has 0 aromatic carbocycles. The van der Waals surface area contributed by atoms with E-state index in [1.165, 1.54) is 16.8 Å². The van der Waals surface area contributed by atoms with Gasteiger partial charge in [0.25, 0.3) is 0 Å². The van der Waals surface area contributed by atoms with Gasteiger partial charge in [-0.25, -0.2) is 13.9 Å². The van der Waals surface area contributed by atoms with Crippen molar-refractivity contribution in [3.8, 4) is 0 Å². The zero-order chi connectivity index (χ0) is 13.4. The molecular weight excluding hydrogens is 249 g/mol. The summed E-state index contributed by atoms with van der Waals surface area (Å²) in [5.74, 6) is 1.34. The second-order valence-corrected chi connectivity index (χ2v) is 4.26. The van der Waals surface area contributed by atoms with Gasteiger partial charge in [-0.05, 0) is 26.0 Å². The third-order valence-corrected chi connectivity index (χ3v) is 2.65. The van der Waals surface area contributed by atoms with E-state index in [-0.39, 0.29) is 11.9 Å². The van der Waals surface area contributed by atoms with Crippen molar-refractivity contribution < 1.29 is 8.81 Å². The molecule has 0 aliphatic heterocycles. The lowest BCUT2D eigenvalue weighted by Crippen LogP contribution is -2.08. The van der Waals surface area contributed by atoms with Crippen molar-refractivity contribution in [1.29, 1.82) is 0 Å². The Hall–Kier alpha value is -2.44. The molecule has 0 amide bonds. The summed E-state index contributed by atoms with van der Waals surface area (Å²) in [6.45, 7) is 3.71. The van der Waals surface area contributed by atoms with E-state index in [4.69, 9.17) is 4.42 Å². The number of fused-ring (bicyclic) bond motifs is 1. The van der Waals surface area contributed by atoms with E-state index in [0.717, 1.165) is 5.76 Å². The molecule has 0 bridgehead atoms. The summed E-state index contributed by atoms with van der Waals surface area (Å²) < 4.78 is 19.8. The first-order valence-electron chi connectivity index (χ1n) is 5.82. The second-order valence-electron chi connectivity index (χ2n) is 4.26. The monoisotopic (exact) mass is 261 g/mol. The third kappa shape index (κ3) is 2.26. The number of aryl methyl sites for hydroxylation is 1. The lowest BCUT2D eigenvalue weighted by Gasteiger charge is -2.07. The van der Waals surface area contributed by atoms with Gasteiger partial charge < -0.3 is 9.73 Å². The molecule has 98 valence electrons. The molecule has 6 nitrogen and oxygen atoms in total. The van der Waals surface area contributed by atoms with Crippen LogP contribution in [0.25, 0.3) is 5.65 Å². The maximum Gasteiger partial charge on any atom is 0.243 e. The summed E-state index contributed by atoms with van der Waals surface area (Å²) in [6, 6.07) is 2.73. The predicted octanol–water partition coefficient (Wildman–Crippen LogP) is 2.34. The molecule has 3 rings (SSSR count). The van der Waals surface area contributed by atoms with Gasteiger partial charge >= 0.3 is 0 Å². The van der Waals surface area contributed by atoms with Crippen LogP contribution in [0.5, 0.6) is 0 Å². The van der Waals surface area contributed by atoms with Crippen molar-refractivity contribution >= 4 is 11.6 Å². The van der Waals surface area contributed by atoms with Crippen molar-refractivity contribution in [3.05, 3.63) is 42.0 Å². The highest BCUT2D eigenvalue weighted by atomic mass is 19.1. The molecule has 0 spiro atoms. The Bertz CT molecular complexity index is 720. The van der Waals surface area contributed by atoms with Crippen molar-refractivity contribution in [3.63, 3.8) is 0 Å². The van der Waals surface area contributed by atoms with Gasteiger partial charge in [-0.1, -0.05) is 0 Å². The van der Waals surface area contributed by atoms with Crippen LogP contribution in [0.4, 0.5) is 10.3 Å². The Labute approximate surface area is 108 Å². The van der Waals surface area contributed by atoms with Crippen molar-refractivity contribution in [1.82, 2.24) is 19.6 Å². The van der Waals surface area contributed by atoms with Gasteiger partial charge in [0, 0.05) is 0 Å². The number of nitrogens with one attached hydrogen (secondary N) is 1. The third-order valence-electron chi connectivity index (χ3n) is 2.65. The SMILES string of the molecule is Cc1cnc(C(C)Nc2nc3ccc(F)cn3n2)o1. The van der Waals surface area contributed by atoms with Crippen molar-refractivity contribution in [2.45, 2.75) is 19.9 Å². The maximum atomic E-state index is 13.0. The van der Waals surface area contributed by atoms with Crippen LogP contribution in [0, 0.1) is 12.7 Å². The van der Waals surface area contributed by atoms with Gasteiger partial charge in [0.1, 0.15) is 17.6 Å². The molecule has 1 N–H and O–H groups in total. The maximum absolute atomic E-state index is 13.0.